The van der Waals surface area contributed by atoms with Gasteiger partial charge >= 0.3 is 0 Å². The summed E-state index contributed by atoms with van der Waals surface area (Å²) in [4.78, 5) is 0. The molecule has 1 heterocycles. The van der Waals surface area contributed by atoms with Gasteiger partial charge in [0, 0.05) is 12.1 Å². The Morgan fingerprint density at radius 1 is 1.45 bits per heavy atom. The van der Waals surface area contributed by atoms with Gasteiger partial charge in [0.1, 0.15) is 11.6 Å². The van der Waals surface area contributed by atoms with Gasteiger partial charge in [-0.15, -0.1) is 0 Å². The molecule has 11 heavy (non-hydrogen) atoms. The van der Waals surface area contributed by atoms with E-state index in [1.807, 2.05) is 0 Å². The van der Waals surface area contributed by atoms with Crippen LogP contribution in [0.2, 0.25) is 0 Å². The fraction of sp³-hybridized carbons (Fsp3) is 0.250. The molecular weight excluding hydrogens is 145 g/mol. The van der Waals surface area contributed by atoms with Crippen molar-refractivity contribution in [3.05, 3.63) is 23.5 Å². The van der Waals surface area contributed by atoms with Crippen molar-refractivity contribution in [2.45, 2.75) is 6.42 Å². The molecule has 1 aliphatic heterocycles. The van der Waals surface area contributed by atoms with E-state index in [4.69, 9.17) is 0 Å². The Balaban J connectivity index is 2.64. The average Bonchev–Trinajstić information content (AvgIpc) is 2.45. The lowest BCUT2D eigenvalue weighted by Gasteiger charge is -2.01. The van der Waals surface area contributed by atoms with Crippen LogP contribution in [0.25, 0.3) is 0 Å². The van der Waals surface area contributed by atoms with Crippen LogP contribution in [-0.4, -0.2) is 11.7 Å². The summed E-state index contributed by atoms with van der Waals surface area (Å²) in [5.41, 5.74) is 1.16. The zero-order chi connectivity index (χ0) is 7.84. The second-order valence-electron chi connectivity index (χ2n) is 2.60. The summed E-state index contributed by atoms with van der Waals surface area (Å²) in [6.07, 6.45) is 0.707. The smallest absolute Gasteiger partial charge is 0.146 e. The maximum Gasteiger partial charge on any atom is 0.146 e. The number of nitrogens with one attached hydrogen (secondary N) is 1. The molecule has 2 N–H and O–H groups in total. The van der Waals surface area contributed by atoms with Crippen molar-refractivity contribution in [3.8, 4) is 5.75 Å². The minimum Gasteiger partial charge on any atom is -0.508 e. The molecule has 0 radical (unpaired) electrons. The number of hydrogen-bond donors (Lipinski definition) is 2. The lowest BCUT2D eigenvalue weighted by atomic mass is 10.1. The number of phenolic OH excluding ortho intramolecular Hbond substituents is 1. The van der Waals surface area contributed by atoms with Crippen LogP contribution in [0.3, 0.4) is 0 Å². The van der Waals surface area contributed by atoms with E-state index in [1.54, 1.807) is 0 Å². The van der Waals surface area contributed by atoms with Crippen LogP contribution in [0.5, 0.6) is 5.75 Å². The molecule has 0 aliphatic carbocycles. The number of anilines is 1. The third-order valence-electron chi connectivity index (χ3n) is 1.91. The van der Waals surface area contributed by atoms with Gasteiger partial charge in [-0.1, -0.05) is 0 Å². The Morgan fingerprint density at radius 3 is 3.00 bits per heavy atom. The van der Waals surface area contributed by atoms with Gasteiger partial charge in [-0.25, -0.2) is 4.39 Å². The van der Waals surface area contributed by atoms with Crippen LogP contribution < -0.4 is 5.32 Å². The van der Waals surface area contributed by atoms with Gasteiger partial charge in [0.2, 0.25) is 0 Å². The van der Waals surface area contributed by atoms with Gasteiger partial charge in [-0.3, -0.25) is 0 Å². The van der Waals surface area contributed by atoms with E-state index >= 15 is 0 Å². The Kier molecular flexibility index (Phi) is 1.24. The van der Waals surface area contributed by atoms with Crippen molar-refractivity contribution in [2.75, 3.05) is 11.9 Å². The van der Waals surface area contributed by atoms with E-state index in [1.165, 1.54) is 12.1 Å². The summed E-state index contributed by atoms with van der Waals surface area (Å²) < 4.78 is 12.9. The molecule has 2 nitrogen and oxygen atoms in total. The summed E-state index contributed by atoms with van der Waals surface area (Å²) in [5, 5.41) is 12.1. The van der Waals surface area contributed by atoms with Crippen molar-refractivity contribution in [1.82, 2.24) is 0 Å². The van der Waals surface area contributed by atoms with E-state index in [0.717, 1.165) is 0 Å². The first-order valence-corrected chi connectivity index (χ1v) is 3.53. The van der Waals surface area contributed by atoms with Crippen LogP contribution in [0, 0.1) is 5.82 Å². The van der Waals surface area contributed by atoms with E-state index in [2.05, 4.69) is 5.32 Å². The molecule has 1 aliphatic rings. The van der Waals surface area contributed by atoms with Gasteiger partial charge < -0.3 is 10.4 Å². The topological polar surface area (TPSA) is 32.3 Å². The van der Waals surface area contributed by atoms with Crippen molar-refractivity contribution in [3.63, 3.8) is 0 Å². The van der Waals surface area contributed by atoms with Crippen LogP contribution in [0.4, 0.5) is 10.1 Å². The maximum atomic E-state index is 12.9. The summed E-state index contributed by atoms with van der Waals surface area (Å²) in [6, 6.07) is 2.66. The second-order valence-corrected chi connectivity index (χ2v) is 2.60. The number of hydrogen-bond acceptors (Lipinski definition) is 2. The Bertz CT molecular complexity index is 269. The zero-order valence-electron chi connectivity index (χ0n) is 5.89. The first kappa shape index (κ1) is 6.46. The number of phenols is 1. The van der Waals surface area contributed by atoms with Crippen LogP contribution in [0.15, 0.2) is 12.1 Å². The molecule has 0 bridgehead atoms. The largest absolute Gasteiger partial charge is 0.508 e. The first-order valence-electron chi connectivity index (χ1n) is 3.53. The molecule has 58 valence electrons. The third kappa shape index (κ3) is 0.843. The summed E-state index contributed by atoms with van der Waals surface area (Å²) in [6.45, 7) is 0.712. The van der Waals surface area contributed by atoms with Crippen LogP contribution in [-0.2, 0) is 6.42 Å². The van der Waals surface area contributed by atoms with E-state index in [-0.39, 0.29) is 11.6 Å². The summed E-state index contributed by atoms with van der Waals surface area (Å²) in [5.74, 6) is -0.0956. The molecular formula is C8H8FNO. The van der Waals surface area contributed by atoms with Gasteiger partial charge in [0.15, 0.2) is 0 Å². The normalized spacial score (nSPS) is 14.3. The SMILES string of the molecule is Oc1ccc(F)c2c1CCN2. The fourth-order valence-corrected chi connectivity index (χ4v) is 1.36. The van der Waals surface area contributed by atoms with Crippen molar-refractivity contribution >= 4 is 5.69 Å². The minimum atomic E-state index is -0.282. The molecule has 2 rings (SSSR count). The molecule has 0 aromatic heterocycles. The molecule has 0 saturated carbocycles. The number of halogens is 1. The van der Waals surface area contributed by atoms with Gasteiger partial charge in [0.25, 0.3) is 0 Å². The second kappa shape index (κ2) is 2.12. The van der Waals surface area contributed by atoms with Crippen LogP contribution in [0.1, 0.15) is 5.56 Å². The monoisotopic (exact) mass is 153 g/mol. The quantitative estimate of drug-likeness (QED) is 0.592. The number of aromatic hydroxyl groups is 1. The van der Waals surface area contributed by atoms with Gasteiger partial charge in [-0.2, -0.15) is 0 Å². The van der Waals surface area contributed by atoms with Crippen molar-refractivity contribution in [1.29, 1.82) is 0 Å². The summed E-state index contributed by atoms with van der Waals surface area (Å²) in [7, 11) is 0. The molecule has 1 aromatic carbocycles. The molecule has 0 unspecified atom stereocenters. The van der Waals surface area contributed by atoms with Crippen molar-refractivity contribution in [2.24, 2.45) is 0 Å². The lowest BCUT2D eigenvalue weighted by molar-refractivity contribution is 0.468. The molecule has 3 heteroatoms. The highest BCUT2D eigenvalue weighted by Crippen LogP contribution is 2.32. The van der Waals surface area contributed by atoms with E-state index < -0.39 is 0 Å². The van der Waals surface area contributed by atoms with Gasteiger partial charge in [-0.05, 0) is 18.6 Å². The Labute approximate surface area is 63.7 Å². The molecule has 0 amide bonds. The molecule has 0 spiro atoms. The maximum absolute atomic E-state index is 12.9. The van der Waals surface area contributed by atoms with Crippen LogP contribution >= 0.6 is 0 Å². The fourth-order valence-electron chi connectivity index (χ4n) is 1.36. The van der Waals surface area contributed by atoms with Crippen molar-refractivity contribution < 1.29 is 9.50 Å². The lowest BCUT2D eigenvalue weighted by Crippen LogP contribution is -1.92. The molecule has 0 atom stereocenters. The standard InChI is InChI=1S/C8H8FNO/c9-6-1-2-7(11)5-3-4-10-8(5)6/h1-2,10-11H,3-4H2. The highest BCUT2D eigenvalue weighted by atomic mass is 19.1. The predicted molar refractivity (Wildman–Crippen MR) is 40.3 cm³/mol. The van der Waals surface area contributed by atoms with E-state index in [9.17, 15) is 9.50 Å². The van der Waals surface area contributed by atoms with Gasteiger partial charge in [0.05, 0.1) is 5.69 Å². The highest BCUT2D eigenvalue weighted by molar-refractivity contribution is 5.61. The Hall–Kier alpha value is -1.25. The zero-order valence-corrected chi connectivity index (χ0v) is 5.89. The average molecular weight is 153 g/mol. The Morgan fingerprint density at radius 2 is 2.27 bits per heavy atom. The number of benzene rings is 1. The summed E-state index contributed by atoms with van der Waals surface area (Å²) >= 11 is 0. The molecule has 0 fully saturated rings. The number of rotatable bonds is 0. The molecule has 1 aromatic rings. The highest BCUT2D eigenvalue weighted by Gasteiger charge is 2.17. The minimum absolute atomic E-state index is 0.186. The first-order chi connectivity index (χ1) is 5.29. The molecule has 0 saturated heterocycles. The third-order valence-corrected chi connectivity index (χ3v) is 1.91. The van der Waals surface area contributed by atoms with E-state index in [0.29, 0.717) is 24.2 Å². The number of fused-ring (bicyclic) bond motifs is 1. The predicted octanol–water partition coefficient (Wildman–Crippen LogP) is 1.50.